The van der Waals surface area contributed by atoms with Crippen LogP contribution in [0.25, 0.3) is 0 Å². The number of piperidine rings is 1. The smallest absolute Gasteiger partial charge is 0.254 e. The molecule has 18 heavy (non-hydrogen) atoms. The number of rotatable bonds is 1. The first kappa shape index (κ1) is 13.9. The van der Waals surface area contributed by atoms with Crippen LogP contribution in [0.15, 0.2) is 22.7 Å². The fourth-order valence-corrected chi connectivity index (χ4v) is 2.86. The molecule has 4 heteroatoms. The largest absolute Gasteiger partial charge is 0.336 e. The minimum absolute atomic E-state index is 0.103. The van der Waals surface area contributed by atoms with E-state index in [9.17, 15) is 4.79 Å². The van der Waals surface area contributed by atoms with E-state index in [1.165, 1.54) is 6.42 Å². The number of hydrogen-bond donors (Lipinski definition) is 0. The van der Waals surface area contributed by atoms with Crippen LogP contribution in [0.2, 0.25) is 5.02 Å². The van der Waals surface area contributed by atoms with Crippen LogP contribution in [0.4, 0.5) is 0 Å². The maximum atomic E-state index is 12.5. The maximum absolute atomic E-state index is 12.5. The second-order valence-electron chi connectivity index (χ2n) is 5.12. The van der Waals surface area contributed by atoms with Gasteiger partial charge in [-0.05, 0) is 59.8 Å². The Bertz CT molecular complexity index is 463. The Balaban J connectivity index is 2.21. The lowest BCUT2D eigenvalue weighted by atomic mass is 9.94. The van der Waals surface area contributed by atoms with Gasteiger partial charge >= 0.3 is 0 Å². The van der Waals surface area contributed by atoms with Crippen LogP contribution in [-0.4, -0.2) is 23.4 Å². The summed E-state index contributed by atoms with van der Waals surface area (Å²) in [7, 11) is 0. The molecule has 2 rings (SSSR count). The molecule has 1 fully saturated rings. The first-order valence-electron chi connectivity index (χ1n) is 6.25. The van der Waals surface area contributed by atoms with Gasteiger partial charge in [0.15, 0.2) is 0 Å². The summed E-state index contributed by atoms with van der Waals surface area (Å²) in [5, 5.41) is 0.631. The number of carbonyl (C=O) groups is 1. The lowest BCUT2D eigenvalue weighted by Gasteiger charge is -2.37. The van der Waals surface area contributed by atoms with Crippen molar-refractivity contribution in [2.75, 3.05) is 6.54 Å². The molecule has 0 radical (unpaired) electrons. The first-order chi connectivity index (χ1) is 8.49. The SMILES string of the molecule is CC1CCC(C)N(C(=O)c2ccc(Cl)c(Br)c2)C1. The summed E-state index contributed by atoms with van der Waals surface area (Å²) in [4.78, 5) is 14.5. The van der Waals surface area contributed by atoms with Gasteiger partial charge in [-0.3, -0.25) is 4.79 Å². The lowest BCUT2D eigenvalue weighted by molar-refractivity contribution is 0.0574. The van der Waals surface area contributed by atoms with E-state index in [1.807, 2.05) is 4.90 Å². The van der Waals surface area contributed by atoms with Gasteiger partial charge in [0.2, 0.25) is 0 Å². The predicted molar refractivity (Wildman–Crippen MR) is 78.0 cm³/mol. The second-order valence-corrected chi connectivity index (χ2v) is 6.38. The quantitative estimate of drug-likeness (QED) is 0.749. The number of halogens is 2. The molecule has 1 aromatic carbocycles. The minimum Gasteiger partial charge on any atom is -0.336 e. The molecule has 1 heterocycles. The number of likely N-dealkylation sites (tertiary alicyclic amines) is 1. The molecule has 2 nitrogen and oxygen atoms in total. The fourth-order valence-electron chi connectivity index (χ4n) is 2.37. The van der Waals surface area contributed by atoms with Gasteiger partial charge in [0.25, 0.3) is 5.91 Å². The van der Waals surface area contributed by atoms with Crippen LogP contribution >= 0.6 is 27.5 Å². The Kier molecular flexibility index (Phi) is 4.33. The van der Waals surface area contributed by atoms with E-state index in [2.05, 4.69) is 29.8 Å². The topological polar surface area (TPSA) is 20.3 Å². The van der Waals surface area contributed by atoms with Gasteiger partial charge in [-0.2, -0.15) is 0 Å². The average Bonchev–Trinajstić information content (AvgIpc) is 2.35. The van der Waals surface area contributed by atoms with Crippen molar-refractivity contribution in [2.24, 2.45) is 5.92 Å². The van der Waals surface area contributed by atoms with E-state index in [0.717, 1.165) is 17.4 Å². The van der Waals surface area contributed by atoms with E-state index in [1.54, 1.807) is 18.2 Å². The molecule has 2 unspecified atom stereocenters. The van der Waals surface area contributed by atoms with Gasteiger partial charge in [0.05, 0.1) is 5.02 Å². The van der Waals surface area contributed by atoms with Crippen LogP contribution in [0.5, 0.6) is 0 Å². The molecule has 1 aliphatic heterocycles. The molecule has 1 aromatic rings. The molecule has 98 valence electrons. The van der Waals surface area contributed by atoms with Gasteiger partial charge in [0, 0.05) is 22.6 Å². The molecular formula is C14H17BrClNO. The molecule has 0 aromatic heterocycles. The summed E-state index contributed by atoms with van der Waals surface area (Å²) < 4.78 is 0.771. The Morgan fingerprint density at radius 3 is 2.78 bits per heavy atom. The summed E-state index contributed by atoms with van der Waals surface area (Å²) in [6, 6.07) is 5.68. The molecule has 2 atom stereocenters. The molecule has 0 spiro atoms. The van der Waals surface area contributed by atoms with Crippen molar-refractivity contribution in [3.8, 4) is 0 Å². The summed E-state index contributed by atoms with van der Waals surface area (Å²) in [5.74, 6) is 0.687. The van der Waals surface area contributed by atoms with Crippen molar-refractivity contribution < 1.29 is 4.79 Å². The molecule has 0 bridgehead atoms. The third-order valence-corrected chi connectivity index (χ3v) is 4.76. The van der Waals surface area contributed by atoms with Crippen LogP contribution in [0.1, 0.15) is 37.0 Å². The monoisotopic (exact) mass is 329 g/mol. The molecule has 1 amide bonds. The lowest BCUT2D eigenvalue weighted by Crippen LogP contribution is -2.44. The average molecular weight is 331 g/mol. The third kappa shape index (κ3) is 2.89. The Hall–Kier alpha value is -0.540. The zero-order valence-electron chi connectivity index (χ0n) is 10.6. The molecule has 0 saturated carbocycles. The van der Waals surface area contributed by atoms with E-state index >= 15 is 0 Å². The van der Waals surface area contributed by atoms with Crippen molar-refractivity contribution in [1.82, 2.24) is 4.90 Å². The fraction of sp³-hybridized carbons (Fsp3) is 0.500. The number of amides is 1. The summed E-state index contributed by atoms with van der Waals surface area (Å²) in [5.41, 5.74) is 0.701. The van der Waals surface area contributed by atoms with E-state index in [-0.39, 0.29) is 5.91 Å². The van der Waals surface area contributed by atoms with Crippen molar-refractivity contribution in [2.45, 2.75) is 32.7 Å². The second kappa shape index (κ2) is 5.62. The Labute approximate surface area is 121 Å². The first-order valence-corrected chi connectivity index (χ1v) is 7.42. The highest BCUT2D eigenvalue weighted by molar-refractivity contribution is 9.10. The van der Waals surface area contributed by atoms with Gasteiger partial charge in [-0.25, -0.2) is 0 Å². The van der Waals surface area contributed by atoms with E-state index in [0.29, 0.717) is 22.5 Å². The zero-order valence-corrected chi connectivity index (χ0v) is 13.0. The predicted octanol–water partition coefficient (Wildman–Crippen LogP) is 4.36. The highest BCUT2D eigenvalue weighted by Gasteiger charge is 2.27. The normalized spacial score (nSPS) is 24.1. The number of hydrogen-bond acceptors (Lipinski definition) is 1. The van der Waals surface area contributed by atoms with E-state index < -0.39 is 0 Å². The highest BCUT2D eigenvalue weighted by atomic mass is 79.9. The maximum Gasteiger partial charge on any atom is 0.254 e. The van der Waals surface area contributed by atoms with E-state index in [4.69, 9.17) is 11.6 Å². The van der Waals surface area contributed by atoms with Gasteiger partial charge < -0.3 is 4.90 Å². The zero-order chi connectivity index (χ0) is 13.3. The van der Waals surface area contributed by atoms with Gasteiger partial charge in [-0.15, -0.1) is 0 Å². The van der Waals surface area contributed by atoms with Crippen LogP contribution in [-0.2, 0) is 0 Å². The Morgan fingerprint density at radius 1 is 1.39 bits per heavy atom. The van der Waals surface area contributed by atoms with Crippen molar-refractivity contribution in [3.63, 3.8) is 0 Å². The van der Waals surface area contributed by atoms with Gasteiger partial charge in [-0.1, -0.05) is 18.5 Å². The molecule has 0 N–H and O–H groups in total. The van der Waals surface area contributed by atoms with Crippen molar-refractivity contribution in [3.05, 3.63) is 33.3 Å². The van der Waals surface area contributed by atoms with Crippen molar-refractivity contribution in [1.29, 1.82) is 0 Å². The van der Waals surface area contributed by atoms with Gasteiger partial charge in [0.1, 0.15) is 0 Å². The third-order valence-electron chi connectivity index (χ3n) is 3.55. The highest BCUT2D eigenvalue weighted by Crippen LogP contribution is 2.27. The number of carbonyl (C=O) groups excluding carboxylic acids is 1. The summed E-state index contributed by atoms with van der Waals surface area (Å²) >= 11 is 9.31. The summed E-state index contributed by atoms with van der Waals surface area (Å²) in [6.45, 7) is 5.17. The molecule has 1 saturated heterocycles. The number of benzene rings is 1. The summed E-state index contributed by atoms with van der Waals surface area (Å²) in [6.07, 6.45) is 2.29. The molecule has 0 aliphatic carbocycles. The van der Waals surface area contributed by atoms with Crippen LogP contribution in [0.3, 0.4) is 0 Å². The van der Waals surface area contributed by atoms with Crippen LogP contribution in [0, 0.1) is 5.92 Å². The standard InChI is InChI=1S/C14H17BrClNO/c1-9-3-4-10(2)17(8-9)14(18)11-5-6-13(16)12(15)7-11/h5-7,9-10H,3-4,8H2,1-2H3. The number of nitrogens with zero attached hydrogens (tertiary/aromatic N) is 1. The molecular weight excluding hydrogens is 314 g/mol. The van der Waals surface area contributed by atoms with Crippen molar-refractivity contribution >= 4 is 33.4 Å². The minimum atomic E-state index is 0.103. The Morgan fingerprint density at radius 2 is 2.11 bits per heavy atom. The molecule has 1 aliphatic rings. The van der Waals surface area contributed by atoms with Crippen LogP contribution < -0.4 is 0 Å².